The van der Waals surface area contributed by atoms with Crippen LogP contribution >= 0.6 is 0 Å². The van der Waals surface area contributed by atoms with Gasteiger partial charge in [-0.15, -0.1) is 0 Å². The SMILES string of the molecule is CC(C)(C)NC(=O)Cc1coc2ccccc12. The molecule has 2 aromatic rings. The highest BCUT2D eigenvalue weighted by Gasteiger charge is 2.15. The molecule has 17 heavy (non-hydrogen) atoms. The van der Waals surface area contributed by atoms with Gasteiger partial charge >= 0.3 is 0 Å². The second-order valence-electron chi connectivity index (χ2n) is 5.23. The van der Waals surface area contributed by atoms with Gasteiger partial charge in [-0.2, -0.15) is 0 Å². The number of nitrogens with one attached hydrogen (secondary N) is 1. The van der Waals surface area contributed by atoms with Crippen molar-refractivity contribution >= 4 is 16.9 Å². The van der Waals surface area contributed by atoms with Crippen LogP contribution in [0.2, 0.25) is 0 Å². The molecular weight excluding hydrogens is 214 g/mol. The molecule has 1 aromatic carbocycles. The quantitative estimate of drug-likeness (QED) is 0.863. The molecule has 0 aliphatic heterocycles. The van der Waals surface area contributed by atoms with E-state index in [1.165, 1.54) is 0 Å². The minimum absolute atomic E-state index is 0.0176. The third-order valence-corrected chi connectivity index (χ3v) is 2.43. The van der Waals surface area contributed by atoms with Gasteiger partial charge in [-0.1, -0.05) is 18.2 Å². The number of amides is 1. The van der Waals surface area contributed by atoms with Crippen molar-refractivity contribution in [2.45, 2.75) is 32.7 Å². The maximum Gasteiger partial charge on any atom is 0.224 e. The Bertz CT molecular complexity index is 534. The first kappa shape index (κ1) is 11.7. The molecule has 0 bridgehead atoms. The van der Waals surface area contributed by atoms with Crippen molar-refractivity contribution in [3.63, 3.8) is 0 Å². The molecule has 0 atom stereocenters. The number of benzene rings is 1. The van der Waals surface area contributed by atoms with Crippen LogP contribution in [-0.2, 0) is 11.2 Å². The first-order valence-electron chi connectivity index (χ1n) is 5.72. The van der Waals surface area contributed by atoms with Gasteiger partial charge in [-0.25, -0.2) is 0 Å². The standard InChI is InChI=1S/C14H17NO2/c1-14(2,3)15-13(16)8-10-9-17-12-7-5-4-6-11(10)12/h4-7,9H,8H2,1-3H3,(H,15,16). The first-order valence-corrected chi connectivity index (χ1v) is 5.72. The van der Waals surface area contributed by atoms with E-state index in [-0.39, 0.29) is 11.4 Å². The Balaban J connectivity index is 2.16. The van der Waals surface area contributed by atoms with Crippen molar-refractivity contribution in [1.29, 1.82) is 0 Å². The molecular formula is C14H17NO2. The highest BCUT2D eigenvalue weighted by atomic mass is 16.3. The van der Waals surface area contributed by atoms with Gasteiger partial charge in [0.25, 0.3) is 0 Å². The van der Waals surface area contributed by atoms with Gasteiger partial charge in [0.1, 0.15) is 5.58 Å². The normalized spacial score (nSPS) is 11.7. The summed E-state index contributed by atoms with van der Waals surface area (Å²) in [5.41, 5.74) is 1.56. The van der Waals surface area contributed by atoms with E-state index >= 15 is 0 Å². The second-order valence-corrected chi connectivity index (χ2v) is 5.23. The van der Waals surface area contributed by atoms with Crippen molar-refractivity contribution < 1.29 is 9.21 Å². The zero-order chi connectivity index (χ0) is 12.5. The number of furan rings is 1. The van der Waals surface area contributed by atoms with E-state index in [1.54, 1.807) is 6.26 Å². The van der Waals surface area contributed by atoms with E-state index < -0.39 is 0 Å². The van der Waals surface area contributed by atoms with Crippen LogP contribution in [0.4, 0.5) is 0 Å². The minimum Gasteiger partial charge on any atom is -0.464 e. The number of fused-ring (bicyclic) bond motifs is 1. The Morgan fingerprint density at radius 3 is 2.71 bits per heavy atom. The van der Waals surface area contributed by atoms with Crippen molar-refractivity contribution in [1.82, 2.24) is 5.32 Å². The fraction of sp³-hybridized carbons (Fsp3) is 0.357. The molecule has 1 aromatic heterocycles. The second kappa shape index (κ2) is 4.24. The minimum atomic E-state index is -0.198. The molecule has 0 aliphatic carbocycles. The highest BCUT2D eigenvalue weighted by molar-refractivity contribution is 5.87. The Morgan fingerprint density at radius 1 is 1.29 bits per heavy atom. The van der Waals surface area contributed by atoms with Crippen LogP contribution in [0.1, 0.15) is 26.3 Å². The molecule has 1 amide bonds. The molecule has 3 heteroatoms. The van der Waals surface area contributed by atoms with Gasteiger partial charge in [0, 0.05) is 16.5 Å². The molecule has 3 nitrogen and oxygen atoms in total. The van der Waals surface area contributed by atoms with Crippen molar-refractivity contribution in [3.8, 4) is 0 Å². The Morgan fingerprint density at radius 2 is 2.00 bits per heavy atom. The number of hydrogen-bond acceptors (Lipinski definition) is 2. The van der Waals surface area contributed by atoms with Gasteiger partial charge in [-0.05, 0) is 26.8 Å². The zero-order valence-corrected chi connectivity index (χ0v) is 10.4. The van der Waals surface area contributed by atoms with Crippen molar-refractivity contribution in [3.05, 3.63) is 36.1 Å². The first-order chi connectivity index (χ1) is 7.96. The summed E-state index contributed by atoms with van der Waals surface area (Å²) >= 11 is 0. The summed E-state index contributed by atoms with van der Waals surface area (Å²) < 4.78 is 5.40. The van der Waals surface area contributed by atoms with Gasteiger partial charge in [-0.3, -0.25) is 4.79 Å². The molecule has 1 heterocycles. The highest BCUT2D eigenvalue weighted by Crippen LogP contribution is 2.21. The van der Waals surface area contributed by atoms with Crippen LogP contribution in [0.5, 0.6) is 0 Å². The predicted octanol–water partition coefficient (Wildman–Crippen LogP) is 2.89. The lowest BCUT2D eigenvalue weighted by molar-refractivity contribution is -0.121. The third kappa shape index (κ3) is 2.87. The Labute approximate surface area is 101 Å². The lowest BCUT2D eigenvalue weighted by atomic mass is 10.1. The molecule has 90 valence electrons. The van der Waals surface area contributed by atoms with Crippen molar-refractivity contribution in [2.75, 3.05) is 0 Å². The monoisotopic (exact) mass is 231 g/mol. The lowest BCUT2D eigenvalue weighted by Gasteiger charge is -2.20. The smallest absolute Gasteiger partial charge is 0.224 e. The Hall–Kier alpha value is -1.77. The van der Waals surface area contributed by atoms with E-state index in [2.05, 4.69) is 5.32 Å². The average Bonchev–Trinajstić information content (AvgIpc) is 2.59. The number of carbonyl (C=O) groups excluding carboxylic acids is 1. The van der Waals surface area contributed by atoms with Crippen LogP contribution in [0.15, 0.2) is 34.9 Å². The van der Waals surface area contributed by atoms with Gasteiger partial charge in [0.05, 0.1) is 12.7 Å². The average molecular weight is 231 g/mol. The molecule has 0 fully saturated rings. The number of rotatable bonds is 2. The summed E-state index contributed by atoms with van der Waals surface area (Å²) in [5.74, 6) is 0.0176. The van der Waals surface area contributed by atoms with E-state index in [0.717, 1.165) is 16.5 Å². The van der Waals surface area contributed by atoms with Crippen LogP contribution in [0, 0.1) is 0 Å². The maximum atomic E-state index is 11.8. The molecule has 2 rings (SSSR count). The van der Waals surface area contributed by atoms with Crippen LogP contribution in [-0.4, -0.2) is 11.4 Å². The summed E-state index contributed by atoms with van der Waals surface area (Å²) in [5, 5.41) is 3.95. The number of hydrogen-bond donors (Lipinski definition) is 1. The molecule has 0 unspecified atom stereocenters. The largest absolute Gasteiger partial charge is 0.464 e. The molecule has 0 saturated heterocycles. The van der Waals surface area contributed by atoms with Crippen LogP contribution < -0.4 is 5.32 Å². The lowest BCUT2D eigenvalue weighted by Crippen LogP contribution is -2.41. The van der Waals surface area contributed by atoms with Gasteiger partial charge in [0.2, 0.25) is 5.91 Å². The molecule has 0 spiro atoms. The van der Waals surface area contributed by atoms with Gasteiger partial charge in [0.15, 0.2) is 0 Å². The summed E-state index contributed by atoms with van der Waals surface area (Å²) in [4.78, 5) is 11.8. The summed E-state index contributed by atoms with van der Waals surface area (Å²) in [6.07, 6.45) is 2.02. The number of carbonyl (C=O) groups is 1. The number of para-hydroxylation sites is 1. The summed E-state index contributed by atoms with van der Waals surface area (Å²) in [7, 11) is 0. The zero-order valence-electron chi connectivity index (χ0n) is 10.4. The Kier molecular flexibility index (Phi) is 2.92. The van der Waals surface area contributed by atoms with Crippen LogP contribution in [0.3, 0.4) is 0 Å². The van der Waals surface area contributed by atoms with E-state index in [4.69, 9.17) is 4.42 Å². The summed E-state index contributed by atoms with van der Waals surface area (Å²) in [6.45, 7) is 5.91. The van der Waals surface area contributed by atoms with Crippen LogP contribution in [0.25, 0.3) is 11.0 Å². The molecule has 0 aliphatic rings. The predicted molar refractivity (Wildman–Crippen MR) is 67.8 cm³/mol. The van der Waals surface area contributed by atoms with E-state index in [1.807, 2.05) is 45.0 Å². The fourth-order valence-corrected chi connectivity index (χ4v) is 1.81. The fourth-order valence-electron chi connectivity index (χ4n) is 1.81. The molecule has 0 radical (unpaired) electrons. The van der Waals surface area contributed by atoms with E-state index in [9.17, 15) is 4.79 Å². The molecule has 0 saturated carbocycles. The summed E-state index contributed by atoms with van der Waals surface area (Å²) in [6, 6.07) is 7.74. The maximum absolute atomic E-state index is 11.8. The van der Waals surface area contributed by atoms with E-state index in [0.29, 0.717) is 6.42 Å². The third-order valence-electron chi connectivity index (χ3n) is 2.43. The topological polar surface area (TPSA) is 42.2 Å². The van der Waals surface area contributed by atoms with Crippen molar-refractivity contribution in [2.24, 2.45) is 0 Å². The molecule has 1 N–H and O–H groups in total. The van der Waals surface area contributed by atoms with Gasteiger partial charge < -0.3 is 9.73 Å².